The van der Waals surface area contributed by atoms with Crippen LogP contribution in [0.4, 0.5) is 0 Å². The maximum atomic E-state index is 13.3. The predicted octanol–water partition coefficient (Wildman–Crippen LogP) is 3.47. The van der Waals surface area contributed by atoms with Crippen LogP contribution in [0.5, 0.6) is 11.5 Å². The number of benzene rings is 1. The predicted molar refractivity (Wildman–Crippen MR) is 104 cm³/mol. The number of hydrogen-bond donors (Lipinski definition) is 1. The molecule has 1 amide bonds. The molecule has 4 rings (SSSR count). The Bertz CT molecular complexity index is 971. The first-order valence-corrected chi connectivity index (χ1v) is 9.19. The molecular weight excluding hydrogens is 356 g/mol. The number of methoxy groups -OCH3 is 2. The van der Waals surface area contributed by atoms with Crippen LogP contribution in [0.3, 0.4) is 0 Å². The summed E-state index contributed by atoms with van der Waals surface area (Å²) >= 11 is 0. The maximum absolute atomic E-state index is 13.3. The van der Waals surface area contributed by atoms with Crippen molar-refractivity contribution in [3.05, 3.63) is 60.2 Å². The second-order valence-electron chi connectivity index (χ2n) is 6.66. The minimum absolute atomic E-state index is 0.0581. The van der Waals surface area contributed by atoms with Gasteiger partial charge < -0.3 is 14.4 Å². The first-order chi connectivity index (χ1) is 13.7. The first kappa shape index (κ1) is 18.0. The molecule has 144 valence electrons. The highest BCUT2D eigenvalue weighted by molar-refractivity contribution is 5.97. The highest BCUT2D eigenvalue weighted by atomic mass is 16.5. The second-order valence-corrected chi connectivity index (χ2v) is 6.66. The molecule has 3 aromatic rings. The number of nitrogens with zero attached hydrogens (tertiary/aromatic N) is 3. The summed E-state index contributed by atoms with van der Waals surface area (Å²) < 4.78 is 10.7. The summed E-state index contributed by atoms with van der Waals surface area (Å²) in [6.07, 6.45) is 7.13. The molecule has 0 radical (unpaired) electrons. The van der Waals surface area contributed by atoms with Crippen LogP contribution in [0.25, 0.3) is 11.1 Å². The number of pyridine rings is 1. The zero-order chi connectivity index (χ0) is 19.5. The molecule has 0 spiro atoms. The summed E-state index contributed by atoms with van der Waals surface area (Å²) in [6.45, 7) is 0.688. The molecule has 0 saturated carbocycles. The van der Waals surface area contributed by atoms with Crippen LogP contribution >= 0.6 is 0 Å². The van der Waals surface area contributed by atoms with E-state index in [2.05, 4.69) is 15.2 Å². The summed E-state index contributed by atoms with van der Waals surface area (Å²) in [7, 11) is 3.15. The number of H-pyrrole nitrogens is 1. The standard InChI is InChI=1S/C21H22N4O3/c1-27-15-5-6-16(19(12-15)28-2)21(26)25-11-3-4-18(25)20-17(13-23-24-20)14-7-9-22-10-8-14/h5-10,12-13,18H,3-4,11H2,1-2H3,(H,23,24)/t18-/m0/s1. The molecule has 1 fully saturated rings. The van der Waals surface area contributed by atoms with Crippen molar-refractivity contribution >= 4 is 5.91 Å². The molecule has 1 saturated heterocycles. The number of amides is 1. The number of carbonyl (C=O) groups is 1. The Morgan fingerprint density at radius 2 is 2.00 bits per heavy atom. The van der Waals surface area contributed by atoms with Crippen molar-refractivity contribution in [1.29, 1.82) is 0 Å². The van der Waals surface area contributed by atoms with Crippen LogP contribution in [0.1, 0.15) is 34.9 Å². The molecule has 0 unspecified atom stereocenters. The lowest BCUT2D eigenvalue weighted by Gasteiger charge is -2.25. The van der Waals surface area contributed by atoms with Crippen LogP contribution in [-0.2, 0) is 0 Å². The van der Waals surface area contributed by atoms with Crippen LogP contribution in [-0.4, -0.2) is 46.8 Å². The third kappa shape index (κ3) is 3.19. The summed E-state index contributed by atoms with van der Waals surface area (Å²) in [6, 6.07) is 9.09. The molecule has 0 aliphatic carbocycles. The van der Waals surface area contributed by atoms with E-state index in [0.717, 1.165) is 29.7 Å². The molecule has 7 nitrogen and oxygen atoms in total. The van der Waals surface area contributed by atoms with Crippen molar-refractivity contribution in [2.24, 2.45) is 0 Å². The van der Waals surface area contributed by atoms with E-state index in [4.69, 9.17) is 9.47 Å². The quantitative estimate of drug-likeness (QED) is 0.735. The third-order valence-electron chi connectivity index (χ3n) is 5.15. The van der Waals surface area contributed by atoms with Gasteiger partial charge in [-0.3, -0.25) is 14.9 Å². The van der Waals surface area contributed by atoms with Gasteiger partial charge in [-0.15, -0.1) is 0 Å². The summed E-state index contributed by atoms with van der Waals surface area (Å²) in [4.78, 5) is 19.3. The topological polar surface area (TPSA) is 80.3 Å². The van der Waals surface area contributed by atoms with Crippen molar-refractivity contribution in [1.82, 2.24) is 20.1 Å². The Hall–Kier alpha value is -3.35. The lowest BCUT2D eigenvalue weighted by atomic mass is 10.0. The van der Waals surface area contributed by atoms with Gasteiger partial charge in [0.2, 0.25) is 0 Å². The number of carbonyl (C=O) groups excluding carboxylic acids is 1. The van der Waals surface area contributed by atoms with Gasteiger partial charge in [-0.1, -0.05) is 0 Å². The van der Waals surface area contributed by atoms with Gasteiger partial charge in [0, 0.05) is 30.6 Å². The average Bonchev–Trinajstić information content (AvgIpc) is 3.42. The zero-order valence-corrected chi connectivity index (χ0v) is 15.9. The van der Waals surface area contributed by atoms with E-state index in [0.29, 0.717) is 23.6 Å². The fourth-order valence-electron chi connectivity index (χ4n) is 3.75. The van der Waals surface area contributed by atoms with E-state index in [9.17, 15) is 4.79 Å². The summed E-state index contributed by atoms with van der Waals surface area (Å²) in [5.74, 6) is 1.10. The highest BCUT2D eigenvalue weighted by Crippen LogP contribution is 2.38. The SMILES string of the molecule is COc1ccc(C(=O)N2CCC[C@H]2c2[nH]ncc2-c2ccncc2)c(OC)c1. The Morgan fingerprint density at radius 3 is 2.75 bits per heavy atom. The van der Waals surface area contributed by atoms with Crippen LogP contribution in [0, 0.1) is 0 Å². The van der Waals surface area contributed by atoms with Gasteiger partial charge in [-0.2, -0.15) is 5.10 Å². The smallest absolute Gasteiger partial charge is 0.258 e. The second kappa shape index (κ2) is 7.72. The van der Waals surface area contributed by atoms with Crippen LogP contribution in [0.15, 0.2) is 48.9 Å². The van der Waals surface area contributed by atoms with Crippen molar-refractivity contribution in [3.8, 4) is 22.6 Å². The molecule has 1 N–H and O–H groups in total. The van der Waals surface area contributed by atoms with Gasteiger partial charge in [0.1, 0.15) is 11.5 Å². The van der Waals surface area contributed by atoms with Crippen molar-refractivity contribution in [2.45, 2.75) is 18.9 Å². The van der Waals surface area contributed by atoms with Gasteiger partial charge >= 0.3 is 0 Å². The minimum atomic E-state index is -0.0648. The van der Waals surface area contributed by atoms with Crippen LogP contribution in [0.2, 0.25) is 0 Å². The lowest BCUT2D eigenvalue weighted by Crippen LogP contribution is -2.31. The number of aromatic amines is 1. The number of aromatic nitrogens is 3. The van der Waals surface area contributed by atoms with Crippen molar-refractivity contribution in [3.63, 3.8) is 0 Å². The largest absolute Gasteiger partial charge is 0.497 e. The number of hydrogen-bond acceptors (Lipinski definition) is 5. The Labute approximate surface area is 163 Å². The number of likely N-dealkylation sites (tertiary alicyclic amines) is 1. The minimum Gasteiger partial charge on any atom is -0.497 e. The van der Waals surface area contributed by atoms with E-state index in [1.807, 2.05) is 17.0 Å². The highest BCUT2D eigenvalue weighted by Gasteiger charge is 2.34. The van der Waals surface area contributed by atoms with Crippen molar-refractivity contribution < 1.29 is 14.3 Å². The third-order valence-corrected chi connectivity index (χ3v) is 5.15. The molecule has 28 heavy (non-hydrogen) atoms. The van der Waals surface area contributed by atoms with E-state index < -0.39 is 0 Å². The fourth-order valence-corrected chi connectivity index (χ4v) is 3.75. The van der Waals surface area contributed by atoms with E-state index in [1.54, 1.807) is 51.0 Å². The zero-order valence-electron chi connectivity index (χ0n) is 15.9. The van der Waals surface area contributed by atoms with Gasteiger partial charge in [-0.05, 0) is 42.7 Å². The van der Waals surface area contributed by atoms with Gasteiger partial charge in [0.05, 0.1) is 37.7 Å². The van der Waals surface area contributed by atoms with Gasteiger partial charge in [0.15, 0.2) is 0 Å². The van der Waals surface area contributed by atoms with Crippen molar-refractivity contribution in [2.75, 3.05) is 20.8 Å². The molecule has 1 aliphatic rings. The Morgan fingerprint density at radius 1 is 1.18 bits per heavy atom. The van der Waals surface area contributed by atoms with E-state index in [-0.39, 0.29) is 11.9 Å². The van der Waals surface area contributed by atoms with E-state index >= 15 is 0 Å². The molecule has 7 heteroatoms. The molecule has 1 aromatic carbocycles. The number of nitrogens with one attached hydrogen (secondary N) is 1. The number of ether oxygens (including phenoxy) is 2. The normalized spacial score (nSPS) is 16.2. The summed E-state index contributed by atoms with van der Waals surface area (Å²) in [5.41, 5.74) is 3.50. The molecule has 2 aromatic heterocycles. The molecule has 1 aliphatic heterocycles. The fraction of sp³-hybridized carbons (Fsp3) is 0.286. The lowest BCUT2D eigenvalue weighted by molar-refractivity contribution is 0.0730. The maximum Gasteiger partial charge on any atom is 0.258 e. The van der Waals surface area contributed by atoms with E-state index in [1.165, 1.54) is 0 Å². The Kier molecular flexibility index (Phi) is 4.97. The average molecular weight is 378 g/mol. The molecule has 0 bridgehead atoms. The molecular formula is C21H22N4O3. The van der Waals surface area contributed by atoms with Crippen LogP contribution < -0.4 is 9.47 Å². The monoisotopic (exact) mass is 378 g/mol. The van der Waals surface area contributed by atoms with Gasteiger partial charge in [-0.25, -0.2) is 0 Å². The first-order valence-electron chi connectivity index (χ1n) is 9.19. The Balaban J connectivity index is 1.67. The van der Waals surface area contributed by atoms with Gasteiger partial charge in [0.25, 0.3) is 5.91 Å². The molecule has 1 atom stereocenters. The number of rotatable bonds is 5. The molecule has 3 heterocycles. The summed E-state index contributed by atoms with van der Waals surface area (Å²) in [5, 5.41) is 7.36.